The van der Waals surface area contributed by atoms with Crippen LogP contribution in [0, 0.1) is 0 Å². The molecule has 0 heterocycles. The molecule has 6 rings (SSSR count). The number of hydrogen-bond donors (Lipinski definition) is 2. The number of rotatable bonds is 13. The fourth-order valence-corrected chi connectivity index (χ4v) is 38.3. The van der Waals surface area contributed by atoms with Crippen LogP contribution >= 0.6 is 17.2 Å². The van der Waals surface area contributed by atoms with Crippen molar-refractivity contribution in [3.63, 3.8) is 0 Å². The van der Waals surface area contributed by atoms with Crippen molar-refractivity contribution in [3.8, 4) is 22.3 Å². The van der Waals surface area contributed by atoms with Gasteiger partial charge in [0.25, 0.3) is 0 Å². The van der Waals surface area contributed by atoms with Crippen molar-refractivity contribution < 1.29 is 51.8 Å². The predicted octanol–water partition coefficient (Wildman–Crippen LogP) is 11.7. The zero-order valence-electron chi connectivity index (χ0n) is 29.3. The van der Waals surface area contributed by atoms with Crippen LogP contribution < -0.4 is 10.5 Å². The molecule has 0 saturated carbocycles. The van der Waals surface area contributed by atoms with Gasteiger partial charge in [0.05, 0.1) is 0 Å². The molecule has 2 aliphatic rings. The number of allylic oxidation sites excluding steroid dienone is 2. The third-order valence-electron chi connectivity index (χ3n) is 10.5. The molecule has 4 aromatic carbocycles. The molecule has 281 valence electrons. The summed E-state index contributed by atoms with van der Waals surface area (Å²) in [5.74, 6) is 0. The van der Waals surface area contributed by atoms with Crippen LogP contribution in [0.15, 0.2) is 96.1 Å². The summed E-state index contributed by atoms with van der Waals surface area (Å²) in [6.07, 6.45) is -2.76. The van der Waals surface area contributed by atoms with Gasteiger partial charge in [-0.2, -0.15) is 0 Å². The Bertz CT molecular complexity index is 2020. The van der Waals surface area contributed by atoms with Crippen molar-refractivity contribution in [1.29, 1.82) is 0 Å². The Morgan fingerprint density at radius 1 is 0.611 bits per heavy atom. The molecule has 0 radical (unpaired) electrons. The second kappa shape index (κ2) is 15.1. The van der Waals surface area contributed by atoms with E-state index < -0.39 is 51.3 Å². The summed E-state index contributed by atoms with van der Waals surface area (Å²) in [6.45, 7) is 3.88. The summed E-state index contributed by atoms with van der Waals surface area (Å²) < 4.78 is 83.4. The van der Waals surface area contributed by atoms with Crippen LogP contribution in [0.3, 0.4) is 0 Å². The fraction of sp³-hybridized carbons (Fsp3) is 0.250. The van der Waals surface area contributed by atoms with Crippen molar-refractivity contribution in [2.24, 2.45) is 0 Å². The van der Waals surface area contributed by atoms with Gasteiger partial charge in [-0.15, -0.1) is 0 Å². The Kier molecular flexibility index (Phi) is 11.2. The van der Waals surface area contributed by atoms with Gasteiger partial charge >= 0.3 is 320 Å². The van der Waals surface area contributed by atoms with E-state index in [1.807, 2.05) is 26.0 Å². The second-order valence-electron chi connectivity index (χ2n) is 13.7. The summed E-state index contributed by atoms with van der Waals surface area (Å²) in [5.41, 5.74) is 2.50. The summed E-state index contributed by atoms with van der Waals surface area (Å²) in [7, 11) is 16.7. The first-order chi connectivity index (χ1) is 25.6. The van der Waals surface area contributed by atoms with E-state index in [1.165, 1.54) is 36.4 Å². The van der Waals surface area contributed by atoms with Crippen LogP contribution in [-0.2, 0) is 37.8 Å². The van der Waals surface area contributed by atoms with E-state index in [0.29, 0.717) is 71.9 Å². The van der Waals surface area contributed by atoms with E-state index in [2.05, 4.69) is 10.5 Å². The van der Waals surface area contributed by atoms with Crippen LogP contribution in [0.5, 0.6) is 0 Å². The number of halogens is 8. The minimum atomic E-state index is -6.50. The van der Waals surface area contributed by atoms with Gasteiger partial charge in [-0.3, -0.25) is 0 Å². The molecule has 14 heteroatoms. The number of hydrogen-bond acceptors (Lipinski definition) is 2. The SMILES string of the molecule is CCCC1=Cc2c(-c3ccccc3C(F)(F)F)cccc2[CH]1[Hf]([Cl])([Cl])([B](NC=O)NC=O)[CH]1C(CCC)=Cc2c(-c3ccccc3C(F)(F)F)cccc21. The summed E-state index contributed by atoms with van der Waals surface area (Å²) in [4.78, 5) is 24.7. The van der Waals surface area contributed by atoms with Crippen LogP contribution in [0.1, 0.15) is 80.3 Å². The molecule has 0 spiro atoms. The third kappa shape index (κ3) is 6.80. The van der Waals surface area contributed by atoms with Crippen molar-refractivity contribution in [3.05, 3.63) is 129 Å². The minimum absolute atomic E-state index is 0.0333. The van der Waals surface area contributed by atoms with Crippen LogP contribution in [0.25, 0.3) is 34.4 Å². The average molecular weight is 951 g/mol. The molecule has 0 aliphatic heterocycles. The molecule has 2 atom stereocenters. The van der Waals surface area contributed by atoms with Crippen molar-refractivity contribution >= 4 is 46.7 Å². The van der Waals surface area contributed by atoms with E-state index in [9.17, 15) is 35.9 Å². The van der Waals surface area contributed by atoms with Gasteiger partial charge < -0.3 is 0 Å². The molecule has 0 bridgehead atoms. The zero-order valence-corrected chi connectivity index (χ0v) is 34.4. The molecular weight excluding hydrogens is 915 g/mol. The maximum atomic E-state index is 14.4. The zero-order chi connectivity index (χ0) is 39.1. The van der Waals surface area contributed by atoms with Crippen LogP contribution in [0.4, 0.5) is 26.3 Å². The van der Waals surface area contributed by atoms with E-state index in [1.54, 1.807) is 36.4 Å². The summed E-state index contributed by atoms with van der Waals surface area (Å²) in [6, 6.07) is 20.7. The van der Waals surface area contributed by atoms with Gasteiger partial charge in [0.15, 0.2) is 0 Å². The quantitative estimate of drug-likeness (QED) is 0.0797. The molecular formula is C40H36BCl2F6HfN2O2. The Morgan fingerprint density at radius 2 is 0.981 bits per heavy atom. The first kappa shape index (κ1) is 40.1. The molecule has 0 aromatic heterocycles. The number of carbonyl (C=O) groups is 2. The van der Waals surface area contributed by atoms with Gasteiger partial charge in [-0.1, -0.05) is 0 Å². The third-order valence-corrected chi connectivity index (χ3v) is 39.3. The normalized spacial score (nSPS) is 17.4. The molecule has 2 N–H and O–H groups in total. The van der Waals surface area contributed by atoms with E-state index in [4.69, 9.17) is 17.2 Å². The number of alkyl halides is 6. The average Bonchev–Trinajstić information content (AvgIpc) is 3.70. The first-order valence-electron chi connectivity index (χ1n) is 17.6. The fourth-order valence-electron chi connectivity index (χ4n) is 8.64. The van der Waals surface area contributed by atoms with Gasteiger partial charge in [0.2, 0.25) is 0 Å². The number of amides is 2. The van der Waals surface area contributed by atoms with Gasteiger partial charge in [0, 0.05) is 0 Å². The Balaban J connectivity index is 1.68. The standard InChI is InChI=1S/2C19H16F3.C2H3BN2O2.2ClH.Hf/c2*1-2-6-13-11-14-7-5-9-15(17(14)12-13)16-8-3-4-10-18(16)19(20,21)22;6-1-4-3-5-2-7;;;/h2*3-5,7-12H,2,6H2,1H3;1-2H,(H-,4,5,6,7);2*1H;/q;;;;;+1/p-1. The van der Waals surface area contributed by atoms with Gasteiger partial charge in [0.1, 0.15) is 0 Å². The van der Waals surface area contributed by atoms with E-state index in [0.717, 1.165) is 23.3 Å². The summed E-state index contributed by atoms with van der Waals surface area (Å²) >= 11 is -6.50. The predicted molar refractivity (Wildman–Crippen MR) is 201 cm³/mol. The molecule has 2 amide bonds. The Labute approximate surface area is 318 Å². The molecule has 2 aliphatic carbocycles. The molecule has 0 fully saturated rings. The number of benzene rings is 4. The van der Waals surface area contributed by atoms with E-state index in [-0.39, 0.29) is 11.1 Å². The van der Waals surface area contributed by atoms with E-state index >= 15 is 0 Å². The number of fused-ring (bicyclic) bond motifs is 2. The molecule has 0 saturated heterocycles. The molecule has 4 aromatic rings. The molecule has 54 heavy (non-hydrogen) atoms. The Hall–Kier alpha value is -3.60. The molecule has 4 nitrogen and oxygen atoms in total. The van der Waals surface area contributed by atoms with Crippen molar-refractivity contribution in [2.75, 3.05) is 0 Å². The van der Waals surface area contributed by atoms with Gasteiger partial charge in [-0.25, -0.2) is 0 Å². The maximum absolute atomic E-state index is 14.4. The van der Waals surface area contributed by atoms with Crippen molar-refractivity contribution in [1.82, 2.24) is 10.5 Å². The number of nitrogens with one attached hydrogen (secondary N) is 2. The van der Waals surface area contributed by atoms with Crippen LogP contribution in [-0.4, -0.2) is 17.4 Å². The van der Waals surface area contributed by atoms with Crippen LogP contribution in [0.2, 0.25) is 0 Å². The van der Waals surface area contributed by atoms with Crippen molar-refractivity contribution in [2.45, 2.75) is 59.2 Å². The first-order valence-corrected chi connectivity index (χ1v) is 32.7. The monoisotopic (exact) mass is 951 g/mol. The summed E-state index contributed by atoms with van der Waals surface area (Å²) in [5, 5.41) is 5.43. The number of carbonyl (C=O) groups excluding carboxylic acids is 2. The molecule has 2 unspecified atom stereocenters. The van der Waals surface area contributed by atoms with Gasteiger partial charge in [-0.05, 0) is 0 Å². The Morgan fingerprint density at radius 3 is 1.33 bits per heavy atom. The second-order valence-corrected chi connectivity index (χ2v) is 44.2. The topological polar surface area (TPSA) is 58.2 Å².